The summed E-state index contributed by atoms with van der Waals surface area (Å²) in [7, 11) is 0. The van der Waals surface area contributed by atoms with Crippen molar-refractivity contribution in [2.45, 2.75) is 57.0 Å². The smallest absolute Gasteiger partial charge is 0.323 e. The summed E-state index contributed by atoms with van der Waals surface area (Å²) in [6.07, 6.45) is 6.25. The molecule has 2 N–H and O–H groups in total. The zero-order chi connectivity index (χ0) is 10.2. The molecule has 14 heavy (non-hydrogen) atoms. The Bertz CT molecular complexity index is 229. The fourth-order valence-electron chi connectivity index (χ4n) is 2.55. The third-order valence-corrected chi connectivity index (χ3v) is 3.70. The van der Waals surface area contributed by atoms with Gasteiger partial charge in [-0.3, -0.25) is 10.1 Å². The molecular weight excluding hydrogens is 178 g/mol. The lowest BCUT2D eigenvalue weighted by atomic mass is 9.96. The first kappa shape index (κ1) is 9.97. The van der Waals surface area contributed by atoms with Crippen LogP contribution in [0.25, 0.3) is 0 Å². The second kappa shape index (κ2) is 3.54. The van der Waals surface area contributed by atoms with Crippen LogP contribution in [0.3, 0.4) is 0 Å². The highest BCUT2D eigenvalue weighted by Gasteiger charge is 2.44. The summed E-state index contributed by atoms with van der Waals surface area (Å²) in [5, 5.41) is 12.6. The maximum absolute atomic E-state index is 11.2. The molecule has 0 aliphatic heterocycles. The molecular formula is C11H19NO2. The summed E-state index contributed by atoms with van der Waals surface area (Å²) in [5.41, 5.74) is -0.595. The predicted molar refractivity (Wildman–Crippen MR) is 54.2 cm³/mol. The minimum Gasteiger partial charge on any atom is -0.480 e. The summed E-state index contributed by atoms with van der Waals surface area (Å²) in [4.78, 5) is 11.2. The van der Waals surface area contributed by atoms with Crippen molar-refractivity contribution >= 4 is 5.97 Å². The minimum atomic E-state index is -0.650. The quantitative estimate of drug-likeness (QED) is 0.722. The molecule has 1 atom stereocenters. The molecule has 0 aromatic rings. The molecule has 2 rings (SSSR count). The molecule has 3 heteroatoms. The first-order valence-electron chi connectivity index (χ1n) is 5.65. The Labute approximate surface area is 84.9 Å². The number of carboxylic acid groups (broad SMARTS) is 1. The van der Waals surface area contributed by atoms with E-state index in [-0.39, 0.29) is 0 Å². The van der Waals surface area contributed by atoms with Crippen molar-refractivity contribution in [2.24, 2.45) is 5.92 Å². The normalized spacial score (nSPS) is 27.5. The van der Waals surface area contributed by atoms with Gasteiger partial charge in [-0.2, -0.15) is 0 Å². The number of hydrogen-bond acceptors (Lipinski definition) is 2. The molecule has 2 aliphatic rings. The second-order valence-electron chi connectivity index (χ2n) is 4.86. The van der Waals surface area contributed by atoms with Crippen LogP contribution in [-0.4, -0.2) is 22.7 Å². The van der Waals surface area contributed by atoms with Crippen molar-refractivity contribution < 1.29 is 9.90 Å². The number of carbonyl (C=O) groups is 1. The van der Waals surface area contributed by atoms with E-state index in [4.69, 9.17) is 0 Å². The average molecular weight is 197 g/mol. The SMILES string of the molecule is CC(NC1(C(=O)O)CCCC1)C1CC1. The van der Waals surface area contributed by atoms with E-state index in [0.717, 1.165) is 31.6 Å². The van der Waals surface area contributed by atoms with E-state index < -0.39 is 11.5 Å². The fraction of sp³-hybridized carbons (Fsp3) is 0.909. The van der Waals surface area contributed by atoms with Gasteiger partial charge in [0, 0.05) is 6.04 Å². The summed E-state index contributed by atoms with van der Waals surface area (Å²) < 4.78 is 0. The molecule has 80 valence electrons. The van der Waals surface area contributed by atoms with Gasteiger partial charge in [-0.1, -0.05) is 12.8 Å². The second-order valence-corrected chi connectivity index (χ2v) is 4.86. The van der Waals surface area contributed by atoms with Gasteiger partial charge in [0.2, 0.25) is 0 Å². The lowest BCUT2D eigenvalue weighted by Crippen LogP contribution is -2.53. The Balaban J connectivity index is 1.99. The van der Waals surface area contributed by atoms with Crippen LogP contribution < -0.4 is 5.32 Å². The standard InChI is InChI=1S/C11H19NO2/c1-8(9-4-5-9)12-11(10(13)14)6-2-3-7-11/h8-9,12H,2-7H2,1H3,(H,13,14). The van der Waals surface area contributed by atoms with Gasteiger partial charge in [-0.15, -0.1) is 0 Å². The zero-order valence-electron chi connectivity index (χ0n) is 8.75. The van der Waals surface area contributed by atoms with E-state index in [1.165, 1.54) is 12.8 Å². The first-order chi connectivity index (χ1) is 6.64. The Morgan fingerprint density at radius 1 is 1.43 bits per heavy atom. The number of rotatable bonds is 4. The van der Waals surface area contributed by atoms with Gasteiger partial charge in [0.25, 0.3) is 0 Å². The van der Waals surface area contributed by atoms with Gasteiger partial charge in [-0.05, 0) is 38.5 Å². The molecule has 2 fully saturated rings. The molecule has 2 aliphatic carbocycles. The van der Waals surface area contributed by atoms with Gasteiger partial charge < -0.3 is 5.11 Å². The van der Waals surface area contributed by atoms with Crippen LogP contribution in [0.5, 0.6) is 0 Å². The van der Waals surface area contributed by atoms with Crippen LogP contribution in [0.4, 0.5) is 0 Å². The van der Waals surface area contributed by atoms with E-state index in [2.05, 4.69) is 12.2 Å². The molecule has 0 aromatic heterocycles. The zero-order valence-corrected chi connectivity index (χ0v) is 8.75. The third-order valence-electron chi connectivity index (χ3n) is 3.70. The van der Waals surface area contributed by atoms with Gasteiger partial charge >= 0.3 is 5.97 Å². The molecule has 3 nitrogen and oxygen atoms in total. The monoisotopic (exact) mass is 197 g/mol. The molecule has 0 radical (unpaired) electrons. The van der Waals surface area contributed by atoms with Gasteiger partial charge in [0.15, 0.2) is 0 Å². The van der Waals surface area contributed by atoms with Crippen molar-refractivity contribution in [1.29, 1.82) is 0 Å². The highest BCUT2D eigenvalue weighted by Crippen LogP contribution is 2.36. The van der Waals surface area contributed by atoms with Crippen molar-refractivity contribution in [3.8, 4) is 0 Å². The van der Waals surface area contributed by atoms with Gasteiger partial charge in [-0.25, -0.2) is 0 Å². The largest absolute Gasteiger partial charge is 0.480 e. The van der Waals surface area contributed by atoms with Crippen LogP contribution in [0.1, 0.15) is 45.4 Å². The van der Waals surface area contributed by atoms with E-state index in [9.17, 15) is 9.90 Å². The molecule has 1 unspecified atom stereocenters. The average Bonchev–Trinajstić information content (AvgIpc) is 2.88. The molecule has 0 bridgehead atoms. The summed E-state index contributed by atoms with van der Waals surface area (Å²) >= 11 is 0. The van der Waals surface area contributed by atoms with Crippen LogP contribution in [-0.2, 0) is 4.79 Å². The molecule has 0 saturated heterocycles. The first-order valence-corrected chi connectivity index (χ1v) is 5.65. The summed E-state index contributed by atoms with van der Waals surface area (Å²) in [6.45, 7) is 2.13. The predicted octanol–water partition coefficient (Wildman–Crippen LogP) is 1.77. The number of nitrogens with one attached hydrogen (secondary N) is 1. The van der Waals surface area contributed by atoms with E-state index >= 15 is 0 Å². The maximum Gasteiger partial charge on any atom is 0.323 e. The van der Waals surface area contributed by atoms with Crippen molar-refractivity contribution in [2.75, 3.05) is 0 Å². The maximum atomic E-state index is 11.2. The van der Waals surface area contributed by atoms with Crippen molar-refractivity contribution in [3.05, 3.63) is 0 Å². The lowest BCUT2D eigenvalue weighted by molar-refractivity contribution is -0.145. The Morgan fingerprint density at radius 3 is 2.43 bits per heavy atom. The topological polar surface area (TPSA) is 49.3 Å². The highest BCUT2D eigenvalue weighted by molar-refractivity contribution is 5.79. The Morgan fingerprint density at radius 2 is 2.00 bits per heavy atom. The number of aliphatic carboxylic acids is 1. The Hall–Kier alpha value is -0.570. The summed E-state index contributed by atoms with van der Waals surface area (Å²) in [6, 6.07) is 0.379. The molecule has 0 spiro atoms. The lowest BCUT2D eigenvalue weighted by Gasteiger charge is -2.29. The third kappa shape index (κ3) is 1.78. The van der Waals surface area contributed by atoms with Crippen LogP contribution >= 0.6 is 0 Å². The number of hydrogen-bond donors (Lipinski definition) is 2. The summed E-state index contributed by atoms with van der Waals surface area (Å²) in [5.74, 6) is 0.0781. The van der Waals surface area contributed by atoms with Gasteiger partial charge in [0.05, 0.1) is 0 Å². The van der Waals surface area contributed by atoms with E-state index in [1.54, 1.807) is 0 Å². The molecule has 0 aromatic carbocycles. The molecule has 2 saturated carbocycles. The van der Waals surface area contributed by atoms with Crippen LogP contribution in [0.2, 0.25) is 0 Å². The number of carboxylic acids is 1. The van der Waals surface area contributed by atoms with Crippen LogP contribution in [0.15, 0.2) is 0 Å². The van der Waals surface area contributed by atoms with Crippen molar-refractivity contribution in [3.63, 3.8) is 0 Å². The minimum absolute atomic E-state index is 0.379. The Kier molecular flexibility index (Phi) is 2.52. The molecule has 0 amide bonds. The van der Waals surface area contributed by atoms with E-state index in [1.807, 2.05) is 0 Å². The van der Waals surface area contributed by atoms with Crippen molar-refractivity contribution in [1.82, 2.24) is 5.32 Å². The highest BCUT2D eigenvalue weighted by atomic mass is 16.4. The molecule has 0 heterocycles. The van der Waals surface area contributed by atoms with Gasteiger partial charge in [0.1, 0.15) is 5.54 Å². The van der Waals surface area contributed by atoms with E-state index in [0.29, 0.717) is 6.04 Å². The van der Waals surface area contributed by atoms with Crippen LogP contribution in [0, 0.1) is 5.92 Å². The fourth-order valence-corrected chi connectivity index (χ4v) is 2.55.